The van der Waals surface area contributed by atoms with Gasteiger partial charge in [-0.15, -0.1) is 16.9 Å². The fourth-order valence-corrected chi connectivity index (χ4v) is 1.06. The highest BCUT2D eigenvalue weighted by molar-refractivity contribution is 6.18. The van der Waals surface area contributed by atoms with Crippen molar-refractivity contribution in [2.24, 2.45) is 0 Å². The Bertz CT molecular complexity index is 22.5. The van der Waals surface area contributed by atoms with E-state index in [0.717, 1.165) is 0 Å². The molecule has 0 nitrogen and oxygen atoms in total. The zero-order valence-corrected chi connectivity index (χ0v) is 8.67. The lowest BCUT2D eigenvalue weighted by atomic mass is 10.4. The maximum absolute atomic E-state index is 4.89. The van der Waals surface area contributed by atoms with E-state index in [1.165, 1.54) is 34.4 Å². The van der Waals surface area contributed by atoms with E-state index in [1.54, 1.807) is 0 Å². The summed E-state index contributed by atoms with van der Waals surface area (Å²) < 4.78 is 0. The van der Waals surface area contributed by atoms with Gasteiger partial charge in [0.1, 0.15) is 0 Å². The van der Waals surface area contributed by atoms with Crippen LogP contribution in [0.2, 0.25) is 5.28 Å². The number of halogens is 1. The van der Waals surface area contributed by atoms with Crippen LogP contribution in [0.3, 0.4) is 0 Å². The fraction of sp³-hybridized carbons (Fsp3) is 0.833. The van der Waals surface area contributed by atoms with E-state index in [4.69, 9.17) is 11.6 Å². The van der Waals surface area contributed by atoms with Gasteiger partial charge in [0.05, 0.1) is 0 Å². The van der Waals surface area contributed by atoms with E-state index in [0.29, 0.717) is 5.88 Å². The Kier molecular flexibility index (Phi) is 22.7. The Labute approximate surface area is 66.0 Å². The summed E-state index contributed by atoms with van der Waals surface area (Å²) in [6.07, 6.45) is 2.83. The predicted molar refractivity (Wildman–Crippen MR) is 44.3 cm³/mol. The Hall–Kier alpha value is 0.822. The van der Waals surface area contributed by atoms with Crippen LogP contribution in [0.15, 0.2) is 0 Å². The molecule has 0 saturated carbocycles. The molecule has 1 radical (unpaired) electrons. The lowest BCUT2D eigenvalue weighted by Gasteiger charge is -1.78. The van der Waals surface area contributed by atoms with Crippen LogP contribution < -0.4 is 0 Å². The van der Waals surface area contributed by atoms with E-state index < -0.39 is 0 Å². The van der Waals surface area contributed by atoms with Crippen LogP contribution in [0.5, 0.6) is 0 Å². The van der Waals surface area contributed by atoms with E-state index in [2.05, 4.69) is 13.8 Å². The highest BCUT2D eigenvalue weighted by atomic mass is 35.5. The quantitative estimate of drug-likeness (QED) is 0.416. The molecule has 8 heavy (non-hydrogen) atoms. The lowest BCUT2D eigenvalue weighted by Crippen LogP contribution is -1.63. The molecule has 0 N–H and O–H groups in total. The zero-order valence-electron chi connectivity index (χ0n) is 5.91. The van der Waals surface area contributed by atoms with Crippen LogP contribution in [-0.4, -0.2) is 22.2 Å². The first-order chi connectivity index (χ1) is 3.83. The van der Waals surface area contributed by atoms with Crippen LogP contribution >= 0.6 is 11.6 Å². The van der Waals surface area contributed by atoms with Gasteiger partial charge >= 0.3 is 0 Å². The number of hydrogen-bond acceptors (Lipinski definition) is 0. The summed E-state index contributed by atoms with van der Waals surface area (Å²) in [6.45, 7) is 5.49. The molecular weight excluding hydrogens is 135 g/mol. The summed E-state index contributed by atoms with van der Waals surface area (Å²) in [5.74, 6) is 0.472. The molecule has 0 unspecified atom stereocenters. The molecule has 0 aliphatic heterocycles. The summed E-state index contributed by atoms with van der Waals surface area (Å²) in [4.78, 5) is 0. The van der Waals surface area contributed by atoms with Crippen molar-refractivity contribution in [2.75, 3.05) is 5.88 Å². The SMILES string of the molecule is CCC[CH2][AlH2].[CH2]CCl. The molecule has 0 aliphatic rings. The Morgan fingerprint density at radius 1 is 1.62 bits per heavy atom. The third kappa shape index (κ3) is 29.0. The molecule has 0 saturated heterocycles. The number of rotatable bonds is 2. The number of unbranched alkanes of at least 4 members (excludes halogenated alkanes) is 1. The van der Waals surface area contributed by atoms with Crippen molar-refractivity contribution in [2.45, 2.75) is 25.0 Å². The van der Waals surface area contributed by atoms with E-state index >= 15 is 0 Å². The van der Waals surface area contributed by atoms with Crippen molar-refractivity contribution in [3.05, 3.63) is 6.92 Å². The van der Waals surface area contributed by atoms with Crippen molar-refractivity contribution < 1.29 is 0 Å². The fourth-order valence-electron chi connectivity index (χ4n) is 0.354. The molecule has 2 heteroatoms. The number of hydrogen-bond donors (Lipinski definition) is 0. The second-order valence-corrected chi connectivity index (χ2v) is 2.92. The maximum atomic E-state index is 4.89. The summed E-state index contributed by atoms with van der Waals surface area (Å²) >= 11 is 6.29. The van der Waals surface area contributed by atoms with E-state index in [9.17, 15) is 0 Å². The molecule has 0 amide bonds. The molecule has 0 aromatic rings. The second kappa shape index (κ2) is 15.7. The molecule has 0 aromatic heterocycles. The minimum atomic E-state index is 0.472. The van der Waals surface area contributed by atoms with Gasteiger partial charge in [-0.25, -0.2) is 0 Å². The highest BCUT2D eigenvalue weighted by Crippen LogP contribution is 1.86. The third-order valence-electron chi connectivity index (χ3n) is 0.707. The van der Waals surface area contributed by atoms with Gasteiger partial charge in [0.2, 0.25) is 16.3 Å². The Morgan fingerprint density at radius 3 is 2.00 bits per heavy atom. The topological polar surface area (TPSA) is 0 Å². The average molecular weight is 150 g/mol. The highest BCUT2D eigenvalue weighted by Gasteiger charge is 1.69. The summed E-state index contributed by atoms with van der Waals surface area (Å²) in [7, 11) is 0. The van der Waals surface area contributed by atoms with Gasteiger partial charge in [-0.05, 0) is 6.92 Å². The first-order valence-electron chi connectivity index (χ1n) is 3.18. The van der Waals surface area contributed by atoms with Gasteiger partial charge in [-0.2, -0.15) is 0 Å². The zero-order chi connectivity index (χ0) is 6.83. The van der Waals surface area contributed by atoms with Crippen molar-refractivity contribution in [3.8, 4) is 0 Å². The van der Waals surface area contributed by atoms with Gasteiger partial charge in [0.15, 0.2) is 0 Å². The summed E-state index contributed by atoms with van der Waals surface area (Å²) in [5.41, 5.74) is 0. The molecule has 0 atom stereocenters. The van der Waals surface area contributed by atoms with Crippen molar-refractivity contribution in [1.29, 1.82) is 0 Å². The van der Waals surface area contributed by atoms with Crippen LogP contribution in [0.4, 0.5) is 0 Å². The molecule has 0 rings (SSSR count). The van der Waals surface area contributed by atoms with Crippen molar-refractivity contribution in [3.63, 3.8) is 0 Å². The van der Waals surface area contributed by atoms with Gasteiger partial charge in [0.25, 0.3) is 0 Å². The van der Waals surface area contributed by atoms with Crippen molar-refractivity contribution >= 4 is 27.9 Å². The molecular formula is C6H15AlCl. The standard InChI is InChI=1S/C4H9.C2H4Cl.Al.2H/c1-3-4-2;1-2-3;;;/h1,3-4H2,2H3;1-2H2;;;. The second-order valence-electron chi connectivity index (χ2n) is 1.54. The normalized spacial score (nSPS) is 7.38. The average Bonchev–Trinajstić information content (AvgIpc) is 1.71. The molecule has 0 fully saturated rings. The number of alkyl halides is 1. The minimum Gasteiger partial charge on any atom is -0.127 e. The molecule has 0 bridgehead atoms. The van der Waals surface area contributed by atoms with Crippen LogP contribution in [-0.2, 0) is 0 Å². The maximum Gasteiger partial charge on any atom is 0.211 e. The van der Waals surface area contributed by atoms with E-state index in [1.807, 2.05) is 0 Å². The minimum absolute atomic E-state index is 0.472. The molecule has 0 spiro atoms. The largest absolute Gasteiger partial charge is 0.211 e. The Balaban J connectivity index is 0. The van der Waals surface area contributed by atoms with Gasteiger partial charge < -0.3 is 0 Å². The smallest absolute Gasteiger partial charge is 0.127 e. The molecule has 0 aliphatic carbocycles. The van der Waals surface area contributed by atoms with Gasteiger partial charge in [0, 0.05) is 5.88 Å². The molecule has 0 heterocycles. The van der Waals surface area contributed by atoms with Gasteiger partial charge in [-0.3, -0.25) is 0 Å². The third-order valence-corrected chi connectivity index (χ3v) is 1.41. The lowest BCUT2D eigenvalue weighted by molar-refractivity contribution is 0.884. The van der Waals surface area contributed by atoms with E-state index in [-0.39, 0.29) is 0 Å². The Morgan fingerprint density at radius 2 is 2.00 bits per heavy atom. The summed E-state index contributed by atoms with van der Waals surface area (Å²) in [5, 5.41) is 1.48. The van der Waals surface area contributed by atoms with Crippen LogP contribution in [0.1, 0.15) is 19.8 Å². The first kappa shape index (κ1) is 11.6. The van der Waals surface area contributed by atoms with Crippen molar-refractivity contribution in [1.82, 2.24) is 0 Å². The predicted octanol–water partition coefficient (Wildman–Crippen LogP) is 1.90. The molecule has 0 aromatic carbocycles. The molecule has 49 valence electrons. The first-order valence-corrected chi connectivity index (χ1v) is 5.13. The van der Waals surface area contributed by atoms with Crippen LogP contribution in [0.25, 0.3) is 0 Å². The van der Waals surface area contributed by atoms with Gasteiger partial charge in [-0.1, -0.05) is 19.8 Å². The monoisotopic (exact) mass is 149 g/mol. The van der Waals surface area contributed by atoms with Crippen LogP contribution in [0, 0.1) is 6.92 Å². The summed E-state index contributed by atoms with van der Waals surface area (Å²) in [6, 6.07) is 0.